The number of benzene rings is 1. The maximum absolute atomic E-state index is 11.8. The lowest BCUT2D eigenvalue weighted by Crippen LogP contribution is -2.31. The van der Waals surface area contributed by atoms with Crippen LogP contribution in [0.15, 0.2) is 77.7 Å². The van der Waals surface area contributed by atoms with Gasteiger partial charge in [0.15, 0.2) is 0 Å². The van der Waals surface area contributed by atoms with Gasteiger partial charge in [-0.3, -0.25) is 5.01 Å². The Morgan fingerprint density at radius 1 is 1.29 bits per heavy atom. The molecule has 1 atom stereocenters. The van der Waals surface area contributed by atoms with Gasteiger partial charge in [-0.2, -0.15) is 0 Å². The lowest BCUT2D eigenvalue weighted by Gasteiger charge is -2.27. The highest BCUT2D eigenvalue weighted by Crippen LogP contribution is 2.36. The molecule has 0 aromatic heterocycles. The van der Waals surface area contributed by atoms with Gasteiger partial charge in [-0.25, -0.2) is 4.79 Å². The Kier molecular flexibility index (Phi) is 4.85. The third kappa shape index (κ3) is 3.43. The fraction of sp³-hybridized carbons (Fsp3) is 0.250. The maximum Gasteiger partial charge on any atom is 0.332 e. The first-order chi connectivity index (χ1) is 11.7. The van der Waals surface area contributed by atoms with Gasteiger partial charge < -0.3 is 10.2 Å². The Balaban J connectivity index is 1.91. The molecule has 1 aliphatic carbocycles. The quantitative estimate of drug-likeness (QED) is 0.676. The highest BCUT2D eigenvalue weighted by Gasteiger charge is 2.30. The molecule has 124 valence electrons. The van der Waals surface area contributed by atoms with E-state index in [9.17, 15) is 4.79 Å². The summed E-state index contributed by atoms with van der Waals surface area (Å²) in [5.41, 5.74) is 7.85. The predicted molar refractivity (Wildman–Crippen MR) is 94.5 cm³/mol. The Bertz CT molecular complexity index is 715. The summed E-state index contributed by atoms with van der Waals surface area (Å²) in [6.45, 7) is 4.11. The van der Waals surface area contributed by atoms with E-state index in [1.54, 1.807) is 6.08 Å². The van der Waals surface area contributed by atoms with E-state index in [0.29, 0.717) is 6.61 Å². The van der Waals surface area contributed by atoms with Crippen molar-refractivity contribution in [3.8, 4) is 0 Å². The summed E-state index contributed by atoms with van der Waals surface area (Å²) in [5.74, 6) is -0.314. The molecule has 3 rings (SSSR count). The van der Waals surface area contributed by atoms with Crippen molar-refractivity contribution in [3.05, 3.63) is 83.2 Å². The predicted octanol–water partition coefficient (Wildman–Crippen LogP) is 3.79. The third-order valence-electron chi connectivity index (χ3n) is 4.15. The zero-order valence-corrected chi connectivity index (χ0v) is 14.0. The Morgan fingerprint density at radius 3 is 2.67 bits per heavy atom. The van der Waals surface area contributed by atoms with Crippen LogP contribution in [-0.4, -0.2) is 17.6 Å². The molecule has 4 nitrogen and oxygen atoms in total. The van der Waals surface area contributed by atoms with Crippen molar-refractivity contribution < 1.29 is 9.53 Å². The Labute approximate surface area is 142 Å². The molecule has 0 radical (unpaired) electrons. The van der Waals surface area contributed by atoms with Crippen molar-refractivity contribution >= 4 is 5.97 Å². The van der Waals surface area contributed by atoms with E-state index < -0.39 is 0 Å². The van der Waals surface area contributed by atoms with Crippen LogP contribution in [0.2, 0.25) is 0 Å². The number of hydrazine groups is 1. The minimum absolute atomic E-state index is 0.141. The minimum atomic E-state index is -0.314. The minimum Gasteiger partial charge on any atom is -0.463 e. The number of hydrogen-bond donors (Lipinski definition) is 1. The van der Waals surface area contributed by atoms with Crippen molar-refractivity contribution in [1.82, 2.24) is 10.4 Å². The number of ether oxygens (including phenoxy) is 1. The Morgan fingerprint density at radius 2 is 2.00 bits per heavy atom. The second-order valence-corrected chi connectivity index (χ2v) is 5.80. The van der Waals surface area contributed by atoms with Gasteiger partial charge in [-0.15, -0.1) is 0 Å². The first kappa shape index (κ1) is 16.1. The maximum atomic E-state index is 11.8. The summed E-state index contributed by atoms with van der Waals surface area (Å²) in [4.78, 5) is 11.8. The molecule has 0 saturated carbocycles. The molecule has 1 aromatic carbocycles. The molecule has 1 unspecified atom stereocenters. The largest absolute Gasteiger partial charge is 0.463 e. The van der Waals surface area contributed by atoms with Crippen LogP contribution in [0.5, 0.6) is 0 Å². The number of esters is 1. The summed E-state index contributed by atoms with van der Waals surface area (Å²) < 4.78 is 5.04. The molecule has 1 N–H and O–H groups in total. The highest BCUT2D eigenvalue weighted by atomic mass is 16.5. The number of carbonyl (C=O) groups is 1. The first-order valence-corrected chi connectivity index (χ1v) is 8.23. The normalized spacial score (nSPS) is 19.8. The van der Waals surface area contributed by atoms with Crippen molar-refractivity contribution in [1.29, 1.82) is 0 Å². The van der Waals surface area contributed by atoms with Crippen LogP contribution in [0.4, 0.5) is 0 Å². The molecule has 1 aliphatic heterocycles. The van der Waals surface area contributed by atoms with Crippen molar-refractivity contribution in [2.75, 3.05) is 6.61 Å². The zero-order chi connectivity index (χ0) is 16.9. The highest BCUT2D eigenvalue weighted by molar-refractivity contribution is 5.82. The molecule has 2 aliphatic rings. The molecule has 1 saturated heterocycles. The van der Waals surface area contributed by atoms with E-state index in [1.165, 1.54) is 11.1 Å². The number of rotatable bonds is 4. The summed E-state index contributed by atoms with van der Waals surface area (Å²) in [6.07, 6.45) is 10.7. The molecule has 1 fully saturated rings. The average molecular weight is 322 g/mol. The lowest BCUT2D eigenvalue weighted by atomic mass is 10.0. The van der Waals surface area contributed by atoms with Gasteiger partial charge in [0.05, 0.1) is 12.6 Å². The van der Waals surface area contributed by atoms with E-state index in [1.807, 2.05) is 44.2 Å². The van der Waals surface area contributed by atoms with Crippen LogP contribution in [0, 0.1) is 0 Å². The number of nitrogens with one attached hydrogen (secondary N) is 1. The van der Waals surface area contributed by atoms with Gasteiger partial charge in [0.1, 0.15) is 0 Å². The molecule has 0 amide bonds. The second kappa shape index (κ2) is 7.21. The number of hydrogen-bond acceptors (Lipinski definition) is 4. The van der Waals surface area contributed by atoms with Gasteiger partial charge in [-0.1, -0.05) is 54.6 Å². The number of nitrogens with zero attached hydrogens (tertiary/aromatic N) is 1. The van der Waals surface area contributed by atoms with Crippen LogP contribution in [0.1, 0.15) is 31.9 Å². The average Bonchev–Trinajstić information content (AvgIpc) is 3.25. The monoisotopic (exact) mass is 322 g/mol. The topological polar surface area (TPSA) is 41.6 Å². The van der Waals surface area contributed by atoms with E-state index in [2.05, 4.69) is 34.7 Å². The number of carbonyl (C=O) groups excluding carboxylic acids is 1. The lowest BCUT2D eigenvalue weighted by molar-refractivity contribution is -0.137. The van der Waals surface area contributed by atoms with E-state index in [0.717, 1.165) is 17.8 Å². The molecular weight excluding hydrogens is 300 g/mol. The summed E-state index contributed by atoms with van der Waals surface area (Å²) in [6, 6.07) is 10.5. The van der Waals surface area contributed by atoms with Crippen LogP contribution >= 0.6 is 0 Å². The van der Waals surface area contributed by atoms with E-state index in [4.69, 9.17) is 4.74 Å². The molecule has 24 heavy (non-hydrogen) atoms. The summed E-state index contributed by atoms with van der Waals surface area (Å²) >= 11 is 0. The molecule has 1 heterocycles. The standard InChI is InChI=1S/C20H22N2O2/c1-3-24-20(23)13-15(2)22-19(17-11-5-4-6-12-17)14-18(21-22)16-9-7-8-10-16/h4-13,19,21H,3,14H2,1-2H3. The third-order valence-corrected chi connectivity index (χ3v) is 4.15. The fourth-order valence-corrected chi connectivity index (χ4v) is 3.01. The van der Waals surface area contributed by atoms with E-state index in [-0.39, 0.29) is 12.0 Å². The van der Waals surface area contributed by atoms with Crippen LogP contribution < -0.4 is 5.43 Å². The van der Waals surface area contributed by atoms with Crippen LogP contribution in [0.3, 0.4) is 0 Å². The summed E-state index contributed by atoms with van der Waals surface area (Å²) in [7, 11) is 0. The van der Waals surface area contributed by atoms with Crippen LogP contribution in [-0.2, 0) is 9.53 Å². The van der Waals surface area contributed by atoms with Crippen LogP contribution in [0.25, 0.3) is 0 Å². The van der Waals surface area contributed by atoms with Crippen molar-refractivity contribution in [2.45, 2.75) is 26.3 Å². The van der Waals surface area contributed by atoms with Gasteiger partial charge in [0, 0.05) is 23.9 Å². The van der Waals surface area contributed by atoms with Gasteiger partial charge in [0.25, 0.3) is 0 Å². The smallest absolute Gasteiger partial charge is 0.332 e. The van der Waals surface area contributed by atoms with E-state index >= 15 is 0 Å². The van der Waals surface area contributed by atoms with Crippen molar-refractivity contribution in [2.24, 2.45) is 0 Å². The van der Waals surface area contributed by atoms with Gasteiger partial charge in [-0.05, 0) is 25.0 Å². The molecular formula is C20H22N2O2. The first-order valence-electron chi connectivity index (χ1n) is 8.23. The molecule has 4 heteroatoms. The molecule has 1 aromatic rings. The van der Waals surface area contributed by atoms with Gasteiger partial charge >= 0.3 is 5.97 Å². The molecule has 0 bridgehead atoms. The molecule has 0 spiro atoms. The SMILES string of the molecule is CCOC(=O)C=C(C)N1NC(=C2C=CC=C2)CC1c1ccccc1. The fourth-order valence-electron chi connectivity index (χ4n) is 3.01. The Hall–Kier alpha value is -2.75. The number of allylic oxidation sites excluding steroid dienone is 6. The second-order valence-electron chi connectivity index (χ2n) is 5.80. The summed E-state index contributed by atoms with van der Waals surface area (Å²) in [5, 5.41) is 2.05. The van der Waals surface area contributed by atoms with Crippen molar-refractivity contribution in [3.63, 3.8) is 0 Å². The zero-order valence-electron chi connectivity index (χ0n) is 14.0. The van der Waals surface area contributed by atoms with Gasteiger partial charge in [0.2, 0.25) is 0 Å².